The van der Waals surface area contributed by atoms with Gasteiger partial charge in [0.25, 0.3) is 11.8 Å². The monoisotopic (exact) mass is 401 g/mol. The third-order valence-corrected chi connectivity index (χ3v) is 4.20. The summed E-state index contributed by atoms with van der Waals surface area (Å²) in [5, 5.41) is 7.30. The largest absolute Gasteiger partial charge is 0.496 e. The van der Waals surface area contributed by atoms with Gasteiger partial charge in [-0.2, -0.15) is 5.10 Å². The molecule has 0 aliphatic carbocycles. The molecule has 0 spiro atoms. The Morgan fingerprint density at radius 2 is 1.82 bits per heavy atom. The Balaban J connectivity index is 2.05. The van der Waals surface area contributed by atoms with E-state index in [4.69, 9.17) is 16.3 Å². The zero-order chi connectivity index (χ0) is 20.5. The van der Waals surface area contributed by atoms with E-state index in [1.807, 2.05) is 32.0 Å². The lowest BCUT2D eigenvalue weighted by Crippen LogP contribution is -2.46. The normalized spacial score (nSPS) is 12.0. The van der Waals surface area contributed by atoms with Crippen molar-refractivity contribution in [1.82, 2.24) is 10.7 Å². The lowest BCUT2D eigenvalue weighted by Gasteiger charge is -2.19. The van der Waals surface area contributed by atoms with Crippen LogP contribution in [0.4, 0.5) is 0 Å². The van der Waals surface area contributed by atoms with E-state index < -0.39 is 6.04 Å². The van der Waals surface area contributed by atoms with Crippen LogP contribution >= 0.6 is 11.6 Å². The van der Waals surface area contributed by atoms with Gasteiger partial charge in [0.2, 0.25) is 0 Å². The molecule has 1 unspecified atom stereocenters. The molecule has 148 valence electrons. The van der Waals surface area contributed by atoms with Crippen LogP contribution in [0.3, 0.4) is 0 Å². The molecule has 0 heterocycles. The first-order valence-electron chi connectivity index (χ1n) is 8.93. The number of rotatable bonds is 8. The van der Waals surface area contributed by atoms with Gasteiger partial charge >= 0.3 is 0 Å². The maximum Gasteiger partial charge on any atom is 0.262 e. The molecule has 0 saturated heterocycles. The Bertz CT molecular complexity index is 835. The summed E-state index contributed by atoms with van der Waals surface area (Å²) in [6.45, 7) is 3.96. The summed E-state index contributed by atoms with van der Waals surface area (Å²) in [5.74, 6) is 0.128. The molecule has 0 fully saturated rings. The third kappa shape index (κ3) is 6.39. The molecule has 0 aromatic heterocycles. The number of para-hydroxylation sites is 1. The molecule has 0 aliphatic rings. The van der Waals surface area contributed by atoms with Gasteiger partial charge in [0.15, 0.2) is 0 Å². The van der Waals surface area contributed by atoms with Gasteiger partial charge in [0.1, 0.15) is 11.8 Å². The van der Waals surface area contributed by atoms with Crippen molar-refractivity contribution < 1.29 is 14.3 Å². The highest BCUT2D eigenvalue weighted by Crippen LogP contribution is 2.14. The first kappa shape index (κ1) is 21.4. The van der Waals surface area contributed by atoms with E-state index in [0.717, 1.165) is 5.56 Å². The number of carbonyl (C=O) groups is 2. The topological polar surface area (TPSA) is 79.8 Å². The van der Waals surface area contributed by atoms with Gasteiger partial charge in [0.05, 0.1) is 13.3 Å². The van der Waals surface area contributed by atoms with Crippen molar-refractivity contribution in [3.05, 3.63) is 64.7 Å². The number of hydrogen-bond acceptors (Lipinski definition) is 4. The van der Waals surface area contributed by atoms with Crippen LogP contribution in [0, 0.1) is 5.92 Å². The number of ether oxygens (including phenoxy) is 1. The summed E-state index contributed by atoms with van der Waals surface area (Å²) in [6, 6.07) is 13.1. The lowest BCUT2D eigenvalue weighted by atomic mass is 10.0. The summed E-state index contributed by atoms with van der Waals surface area (Å²) >= 11 is 5.85. The van der Waals surface area contributed by atoms with E-state index in [-0.39, 0.29) is 17.7 Å². The highest BCUT2D eigenvalue weighted by molar-refractivity contribution is 6.30. The SMILES string of the molecule is COc1ccccc1C=NNC(=O)C(CC(C)C)NC(=O)c1ccc(Cl)cc1. The number of halogens is 1. The van der Waals surface area contributed by atoms with Gasteiger partial charge in [-0.15, -0.1) is 0 Å². The van der Waals surface area contributed by atoms with Crippen LogP contribution in [0.2, 0.25) is 5.02 Å². The molecule has 6 nitrogen and oxygen atoms in total. The van der Waals surface area contributed by atoms with E-state index in [0.29, 0.717) is 22.8 Å². The summed E-state index contributed by atoms with van der Waals surface area (Å²) < 4.78 is 5.24. The van der Waals surface area contributed by atoms with Crippen LogP contribution in [-0.4, -0.2) is 31.2 Å². The van der Waals surface area contributed by atoms with E-state index in [9.17, 15) is 9.59 Å². The fraction of sp³-hybridized carbons (Fsp3) is 0.286. The molecular weight excluding hydrogens is 378 g/mol. The molecule has 7 heteroatoms. The second kappa shape index (κ2) is 10.5. The first-order chi connectivity index (χ1) is 13.4. The van der Waals surface area contributed by atoms with Crippen LogP contribution < -0.4 is 15.5 Å². The van der Waals surface area contributed by atoms with E-state index in [2.05, 4.69) is 15.8 Å². The molecular formula is C21H24ClN3O3. The minimum atomic E-state index is -0.710. The maximum atomic E-state index is 12.6. The van der Waals surface area contributed by atoms with Gasteiger partial charge in [-0.05, 0) is 48.7 Å². The molecule has 0 radical (unpaired) electrons. The summed E-state index contributed by atoms with van der Waals surface area (Å²) in [6.07, 6.45) is 1.99. The smallest absolute Gasteiger partial charge is 0.262 e. The molecule has 2 aromatic carbocycles. The second-order valence-electron chi connectivity index (χ2n) is 6.64. The number of nitrogens with zero attached hydrogens (tertiary/aromatic N) is 1. The van der Waals surface area contributed by atoms with E-state index in [1.165, 1.54) is 6.21 Å². The van der Waals surface area contributed by atoms with Crippen LogP contribution in [0.25, 0.3) is 0 Å². The van der Waals surface area contributed by atoms with E-state index in [1.54, 1.807) is 37.4 Å². The van der Waals surface area contributed by atoms with Gasteiger partial charge < -0.3 is 10.1 Å². The zero-order valence-electron chi connectivity index (χ0n) is 16.1. The number of hydrazone groups is 1. The lowest BCUT2D eigenvalue weighted by molar-refractivity contribution is -0.123. The number of methoxy groups -OCH3 is 1. The molecule has 2 N–H and O–H groups in total. The summed E-state index contributed by atoms with van der Waals surface area (Å²) in [4.78, 5) is 25.0. The average molecular weight is 402 g/mol. The fourth-order valence-corrected chi connectivity index (χ4v) is 2.69. The standard InChI is InChI=1S/C21H24ClN3O3/c1-14(2)12-18(24-20(26)15-8-10-17(22)11-9-15)21(27)25-23-13-16-6-4-5-7-19(16)28-3/h4-11,13-14,18H,12H2,1-3H3,(H,24,26)(H,25,27). The maximum absolute atomic E-state index is 12.6. The van der Waals surface area contributed by atoms with Crippen LogP contribution in [0.1, 0.15) is 36.2 Å². The third-order valence-electron chi connectivity index (χ3n) is 3.95. The van der Waals surface area contributed by atoms with Crippen molar-refractivity contribution >= 4 is 29.6 Å². The minimum absolute atomic E-state index is 0.208. The molecule has 0 bridgehead atoms. The van der Waals surface area contributed by atoms with E-state index >= 15 is 0 Å². The fourth-order valence-electron chi connectivity index (χ4n) is 2.56. The second-order valence-corrected chi connectivity index (χ2v) is 7.08. The Morgan fingerprint density at radius 1 is 1.14 bits per heavy atom. The number of nitrogens with one attached hydrogen (secondary N) is 2. The summed E-state index contributed by atoms with van der Waals surface area (Å²) in [7, 11) is 1.57. The quantitative estimate of drug-likeness (QED) is 0.523. The molecule has 2 amide bonds. The molecule has 0 saturated carbocycles. The Morgan fingerprint density at radius 3 is 2.46 bits per heavy atom. The zero-order valence-corrected chi connectivity index (χ0v) is 16.9. The average Bonchev–Trinajstić information content (AvgIpc) is 2.67. The van der Waals surface area contributed by atoms with Crippen LogP contribution in [-0.2, 0) is 4.79 Å². The van der Waals surface area contributed by atoms with Gasteiger partial charge in [-0.3, -0.25) is 9.59 Å². The molecule has 2 aromatic rings. The molecule has 28 heavy (non-hydrogen) atoms. The number of hydrogen-bond donors (Lipinski definition) is 2. The van der Waals surface area contributed by atoms with Crippen molar-refractivity contribution in [2.45, 2.75) is 26.3 Å². The summed E-state index contributed by atoms with van der Waals surface area (Å²) in [5.41, 5.74) is 3.66. The first-order valence-corrected chi connectivity index (χ1v) is 9.31. The molecule has 1 atom stereocenters. The van der Waals surface area contributed by atoms with Crippen molar-refractivity contribution in [3.8, 4) is 5.75 Å². The predicted molar refractivity (Wildman–Crippen MR) is 111 cm³/mol. The number of amides is 2. The molecule has 2 rings (SSSR count). The Kier molecular flexibility index (Phi) is 8.02. The molecule has 0 aliphatic heterocycles. The van der Waals surface area contributed by atoms with Crippen molar-refractivity contribution in [1.29, 1.82) is 0 Å². The highest BCUT2D eigenvalue weighted by atomic mass is 35.5. The van der Waals surface area contributed by atoms with Gasteiger partial charge in [0, 0.05) is 16.1 Å². The Labute approximate surface area is 169 Å². The van der Waals surface area contributed by atoms with Gasteiger partial charge in [-0.1, -0.05) is 37.6 Å². The predicted octanol–water partition coefficient (Wildman–Crippen LogP) is 3.64. The number of benzene rings is 2. The van der Waals surface area contributed by atoms with Crippen LogP contribution in [0.15, 0.2) is 53.6 Å². The Hall–Kier alpha value is -2.86. The van der Waals surface area contributed by atoms with Crippen molar-refractivity contribution in [3.63, 3.8) is 0 Å². The number of carbonyl (C=O) groups excluding carboxylic acids is 2. The van der Waals surface area contributed by atoms with Crippen molar-refractivity contribution in [2.75, 3.05) is 7.11 Å². The van der Waals surface area contributed by atoms with Crippen LogP contribution in [0.5, 0.6) is 5.75 Å². The van der Waals surface area contributed by atoms with Gasteiger partial charge in [-0.25, -0.2) is 5.43 Å². The highest BCUT2D eigenvalue weighted by Gasteiger charge is 2.22. The van der Waals surface area contributed by atoms with Crippen molar-refractivity contribution in [2.24, 2.45) is 11.0 Å². The minimum Gasteiger partial charge on any atom is -0.496 e.